The second-order valence-electron chi connectivity index (χ2n) is 6.29. The van der Waals surface area contributed by atoms with E-state index in [0.717, 1.165) is 37.8 Å². The van der Waals surface area contributed by atoms with Crippen molar-refractivity contribution in [2.75, 3.05) is 26.2 Å². The minimum Gasteiger partial charge on any atom is -0.342 e. The number of carbonyl (C=O) groups excluding carboxylic acids is 1. The maximum atomic E-state index is 12.2. The molecule has 2 saturated heterocycles. The molecular formula is C16H30N2O. The molecule has 0 aromatic rings. The van der Waals surface area contributed by atoms with Crippen molar-refractivity contribution in [3.8, 4) is 0 Å². The van der Waals surface area contributed by atoms with Crippen molar-refractivity contribution in [1.29, 1.82) is 0 Å². The smallest absolute Gasteiger partial charge is 0.222 e. The fourth-order valence-corrected chi connectivity index (χ4v) is 3.58. The van der Waals surface area contributed by atoms with Gasteiger partial charge in [0, 0.05) is 19.5 Å². The average molecular weight is 266 g/mol. The van der Waals surface area contributed by atoms with E-state index in [0.29, 0.717) is 5.91 Å². The summed E-state index contributed by atoms with van der Waals surface area (Å²) in [6.45, 7) is 6.61. The standard InChI is InChI=1S/C16H30N2O/c1-2-3-4-5-6-16(19)18-12-9-15(13-18)14-7-10-17-11-8-14/h14-15,17H,2-13H2,1H3. The van der Waals surface area contributed by atoms with Crippen LogP contribution in [0.15, 0.2) is 0 Å². The molecule has 1 N–H and O–H groups in total. The van der Waals surface area contributed by atoms with Crippen LogP contribution in [0, 0.1) is 11.8 Å². The summed E-state index contributed by atoms with van der Waals surface area (Å²) >= 11 is 0. The number of nitrogens with zero attached hydrogens (tertiary/aromatic N) is 1. The van der Waals surface area contributed by atoms with Gasteiger partial charge in [-0.3, -0.25) is 4.79 Å². The topological polar surface area (TPSA) is 32.3 Å². The monoisotopic (exact) mass is 266 g/mol. The van der Waals surface area contributed by atoms with E-state index in [1.165, 1.54) is 51.6 Å². The highest BCUT2D eigenvalue weighted by atomic mass is 16.2. The van der Waals surface area contributed by atoms with E-state index >= 15 is 0 Å². The largest absolute Gasteiger partial charge is 0.342 e. The molecule has 2 aliphatic rings. The van der Waals surface area contributed by atoms with Gasteiger partial charge in [-0.15, -0.1) is 0 Å². The van der Waals surface area contributed by atoms with E-state index in [2.05, 4.69) is 17.1 Å². The molecule has 0 aliphatic carbocycles. The Balaban J connectivity index is 1.67. The van der Waals surface area contributed by atoms with Gasteiger partial charge < -0.3 is 10.2 Å². The third kappa shape index (κ3) is 4.48. The van der Waals surface area contributed by atoms with E-state index in [1.54, 1.807) is 0 Å². The normalized spacial score (nSPS) is 24.9. The number of carbonyl (C=O) groups is 1. The van der Waals surface area contributed by atoms with Crippen molar-refractivity contribution in [3.63, 3.8) is 0 Å². The summed E-state index contributed by atoms with van der Waals surface area (Å²) in [6.07, 6.45) is 9.45. The van der Waals surface area contributed by atoms with Crippen molar-refractivity contribution in [2.45, 2.75) is 58.3 Å². The Morgan fingerprint density at radius 3 is 2.63 bits per heavy atom. The minimum atomic E-state index is 0.410. The van der Waals surface area contributed by atoms with Crippen molar-refractivity contribution < 1.29 is 4.79 Å². The first-order valence-corrected chi connectivity index (χ1v) is 8.29. The Hall–Kier alpha value is -0.570. The second-order valence-corrected chi connectivity index (χ2v) is 6.29. The van der Waals surface area contributed by atoms with Gasteiger partial charge in [-0.2, -0.15) is 0 Å². The summed E-state index contributed by atoms with van der Waals surface area (Å²) in [5.74, 6) is 2.05. The molecule has 2 fully saturated rings. The van der Waals surface area contributed by atoms with Gasteiger partial charge in [-0.05, 0) is 50.6 Å². The zero-order valence-corrected chi connectivity index (χ0v) is 12.5. The van der Waals surface area contributed by atoms with Gasteiger partial charge >= 0.3 is 0 Å². The number of hydrogen-bond acceptors (Lipinski definition) is 2. The summed E-state index contributed by atoms with van der Waals surface area (Å²) in [4.78, 5) is 14.3. The summed E-state index contributed by atoms with van der Waals surface area (Å²) in [6, 6.07) is 0. The van der Waals surface area contributed by atoms with Crippen LogP contribution in [0.5, 0.6) is 0 Å². The number of rotatable bonds is 6. The molecule has 110 valence electrons. The predicted octanol–water partition coefficient (Wildman–Crippen LogP) is 2.80. The van der Waals surface area contributed by atoms with Crippen LogP contribution >= 0.6 is 0 Å². The molecule has 0 radical (unpaired) electrons. The molecule has 3 nitrogen and oxygen atoms in total. The van der Waals surface area contributed by atoms with Gasteiger partial charge in [-0.25, -0.2) is 0 Å². The van der Waals surface area contributed by atoms with Gasteiger partial charge in [0.05, 0.1) is 0 Å². The maximum absolute atomic E-state index is 12.2. The quantitative estimate of drug-likeness (QED) is 0.750. The lowest BCUT2D eigenvalue weighted by Gasteiger charge is -2.28. The van der Waals surface area contributed by atoms with Gasteiger partial charge in [0.2, 0.25) is 5.91 Å². The first-order valence-electron chi connectivity index (χ1n) is 8.29. The van der Waals surface area contributed by atoms with Gasteiger partial charge in [-0.1, -0.05) is 26.2 Å². The SMILES string of the molecule is CCCCCCC(=O)N1CCC(C2CCNCC2)C1. The minimum absolute atomic E-state index is 0.410. The number of nitrogens with one attached hydrogen (secondary N) is 1. The highest BCUT2D eigenvalue weighted by Gasteiger charge is 2.31. The van der Waals surface area contributed by atoms with Gasteiger partial charge in [0.1, 0.15) is 0 Å². The van der Waals surface area contributed by atoms with E-state index < -0.39 is 0 Å². The molecule has 1 unspecified atom stereocenters. The lowest BCUT2D eigenvalue weighted by molar-refractivity contribution is -0.130. The van der Waals surface area contributed by atoms with E-state index in [-0.39, 0.29) is 0 Å². The Kier molecular flexibility index (Phi) is 6.15. The van der Waals surface area contributed by atoms with Crippen LogP contribution in [0.3, 0.4) is 0 Å². The van der Waals surface area contributed by atoms with Crippen LogP contribution in [0.1, 0.15) is 58.3 Å². The molecule has 0 spiro atoms. The van der Waals surface area contributed by atoms with Crippen molar-refractivity contribution >= 4 is 5.91 Å². The highest BCUT2D eigenvalue weighted by Crippen LogP contribution is 2.30. The molecule has 3 heteroatoms. The Morgan fingerprint density at radius 2 is 1.89 bits per heavy atom. The fourth-order valence-electron chi connectivity index (χ4n) is 3.58. The number of piperidine rings is 1. The summed E-state index contributed by atoms with van der Waals surface area (Å²) < 4.78 is 0. The summed E-state index contributed by atoms with van der Waals surface area (Å²) in [5.41, 5.74) is 0. The third-order valence-corrected chi connectivity index (χ3v) is 4.87. The zero-order valence-electron chi connectivity index (χ0n) is 12.5. The van der Waals surface area contributed by atoms with E-state index in [9.17, 15) is 4.79 Å². The summed E-state index contributed by atoms with van der Waals surface area (Å²) in [7, 11) is 0. The average Bonchev–Trinajstić information content (AvgIpc) is 2.94. The first kappa shape index (κ1) is 14.8. The van der Waals surface area contributed by atoms with Crippen molar-refractivity contribution in [1.82, 2.24) is 10.2 Å². The fraction of sp³-hybridized carbons (Fsp3) is 0.938. The van der Waals surface area contributed by atoms with Crippen LogP contribution in [-0.2, 0) is 4.79 Å². The summed E-state index contributed by atoms with van der Waals surface area (Å²) in [5, 5.41) is 3.43. The third-order valence-electron chi connectivity index (χ3n) is 4.87. The number of amides is 1. The Labute approximate surface area is 118 Å². The van der Waals surface area contributed by atoms with E-state index in [4.69, 9.17) is 0 Å². The zero-order chi connectivity index (χ0) is 13.5. The van der Waals surface area contributed by atoms with Crippen LogP contribution in [0.2, 0.25) is 0 Å². The van der Waals surface area contributed by atoms with Crippen LogP contribution in [-0.4, -0.2) is 37.0 Å². The van der Waals surface area contributed by atoms with Crippen LogP contribution < -0.4 is 5.32 Å². The van der Waals surface area contributed by atoms with Crippen LogP contribution in [0.25, 0.3) is 0 Å². The number of unbranched alkanes of at least 4 members (excludes halogenated alkanes) is 3. The molecule has 2 rings (SSSR count). The molecule has 1 amide bonds. The first-order chi connectivity index (χ1) is 9.31. The molecule has 2 aliphatic heterocycles. The number of hydrogen-bond donors (Lipinski definition) is 1. The lowest BCUT2D eigenvalue weighted by Crippen LogP contribution is -2.34. The molecule has 0 saturated carbocycles. The van der Waals surface area contributed by atoms with Crippen molar-refractivity contribution in [2.24, 2.45) is 11.8 Å². The number of likely N-dealkylation sites (tertiary alicyclic amines) is 1. The predicted molar refractivity (Wildman–Crippen MR) is 79.0 cm³/mol. The Bertz CT molecular complexity index is 274. The highest BCUT2D eigenvalue weighted by molar-refractivity contribution is 5.76. The molecule has 2 heterocycles. The Morgan fingerprint density at radius 1 is 1.11 bits per heavy atom. The van der Waals surface area contributed by atoms with Gasteiger partial charge in [0.15, 0.2) is 0 Å². The molecule has 1 atom stereocenters. The molecule has 0 aromatic carbocycles. The second kappa shape index (κ2) is 7.88. The molecule has 0 aromatic heterocycles. The maximum Gasteiger partial charge on any atom is 0.222 e. The lowest BCUT2D eigenvalue weighted by atomic mass is 9.84. The van der Waals surface area contributed by atoms with Gasteiger partial charge in [0.25, 0.3) is 0 Å². The van der Waals surface area contributed by atoms with Crippen LogP contribution in [0.4, 0.5) is 0 Å². The molecular weight excluding hydrogens is 236 g/mol. The molecule has 19 heavy (non-hydrogen) atoms. The molecule has 0 bridgehead atoms. The van der Waals surface area contributed by atoms with Crippen molar-refractivity contribution in [3.05, 3.63) is 0 Å². The van der Waals surface area contributed by atoms with E-state index in [1.807, 2.05) is 0 Å².